The maximum atomic E-state index is 12.3. The Morgan fingerprint density at radius 2 is 2.00 bits per heavy atom. The molecule has 2 fully saturated rings. The van der Waals surface area contributed by atoms with E-state index in [1.807, 2.05) is 0 Å². The van der Waals surface area contributed by atoms with E-state index in [1.165, 1.54) is 19.3 Å². The molecule has 0 saturated carbocycles. The first-order valence-corrected chi connectivity index (χ1v) is 7.93. The molecule has 3 N–H and O–H groups in total. The molecule has 0 aromatic heterocycles. The number of piperidine rings is 1. The summed E-state index contributed by atoms with van der Waals surface area (Å²) in [6.45, 7) is 7.46. The number of carbonyl (C=O) groups excluding carboxylic acids is 1. The third-order valence-corrected chi connectivity index (χ3v) is 4.82. The van der Waals surface area contributed by atoms with Crippen LogP contribution >= 0.6 is 24.8 Å². The summed E-state index contributed by atoms with van der Waals surface area (Å²) in [6.07, 6.45) is 5.08. The SMILES string of the molecule is CC1CCCCN1C(C)CNC(=O)C1(N)CCOCC1.Cl.Cl. The normalized spacial score (nSPS) is 26.2. The predicted octanol–water partition coefficient (Wildman–Crippen LogP) is 1.72. The molecule has 2 heterocycles. The zero-order valence-corrected chi connectivity index (χ0v) is 15.3. The molecule has 2 aliphatic rings. The summed E-state index contributed by atoms with van der Waals surface area (Å²) in [7, 11) is 0. The van der Waals surface area contributed by atoms with Gasteiger partial charge in [-0.1, -0.05) is 6.42 Å². The van der Waals surface area contributed by atoms with Crippen LogP contribution in [0.5, 0.6) is 0 Å². The quantitative estimate of drug-likeness (QED) is 0.805. The zero-order chi connectivity index (χ0) is 14.6. The number of ether oxygens (including phenoxy) is 1. The zero-order valence-electron chi connectivity index (χ0n) is 13.7. The fourth-order valence-corrected chi connectivity index (χ4v) is 3.27. The van der Waals surface area contributed by atoms with Gasteiger partial charge in [-0.25, -0.2) is 0 Å². The molecule has 0 spiro atoms. The maximum Gasteiger partial charge on any atom is 0.240 e. The van der Waals surface area contributed by atoms with Gasteiger partial charge in [0.25, 0.3) is 0 Å². The molecule has 132 valence electrons. The van der Waals surface area contributed by atoms with Crippen molar-refractivity contribution < 1.29 is 9.53 Å². The Hall–Kier alpha value is -0.0700. The van der Waals surface area contributed by atoms with E-state index in [2.05, 4.69) is 24.1 Å². The van der Waals surface area contributed by atoms with Crippen molar-refractivity contribution in [3.63, 3.8) is 0 Å². The summed E-state index contributed by atoms with van der Waals surface area (Å²) in [5.41, 5.74) is 5.46. The summed E-state index contributed by atoms with van der Waals surface area (Å²) in [5, 5.41) is 3.05. The Morgan fingerprint density at radius 1 is 1.36 bits per heavy atom. The second-order valence-corrected chi connectivity index (χ2v) is 6.41. The number of nitrogens with two attached hydrogens (primary N) is 1. The fraction of sp³-hybridized carbons (Fsp3) is 0.933. The second kappa shape index (κ2) is 9.93. The summed E-state index contributed by atoms with van der Waals surface area (Å²) in [6, 6.07) is 0.989. The molecule has 5 nitrogen and oxygen atoms in total. The van der Waals surface area contributed by atoms with Crippen LogP contribution in [0.25, 0.3) is 0 Å². The van der Waals surface area contributed by atoms with Crippen LogP contribution in [0.4, 0.5) is 0 Å². The van der Waals surface area contributed by atoms with E-state index in [-0.39, 0.29) is 30.7 Å². The number of nitrogens with zero attached hydrogens (tertiary/aromatic N) is 1. The minimum absolute atomic E-state index is 0. The van der Waals surface area contributed by atoms with Crippen molar-refractivity contribution in [1.29, 1.82) is 0 Å². The third-order valence-electron chi connectivity index (χ3n) is 4.82. The Kier molecular flexibility index (Phi) is 9.90. The molecule has 2 rings (SSSR count). The number of hydrogen-bond donors (Lipinski definition) is 2. The number of carbonyl (C=O) groups is 1. The highest BCUT2D eigenvalue weighted by Gasteiger charge is 2.36. The standard InChI is InChI=1S/C15H29N3O2.2ClH/c1-12-5-3-4-8-18(12)13(2)11-17-14(19)15(16)6-9-20-10-7-15;;/h12-13H,3-11,16H2,1-2H3,(H,17,19);2*1H. The molecule has 2 saturated heterocycles. The molecular formula is C15H31Cl2N3O2. The average molecular weight is 356 g/mol. The first-order valence-electron chi connectivity index (χ1n) is 7.93. The summed E-state index contributed by atoms with van der Waals surface area (Å²) in [4.78, 5) is 14.8. The molecule has 2 unspecified atom stereocenters. The van der Waals surface area contributed by atoms with Gasteiger partial charge < -0.3 is 15.8 Å². The first-order chi connectivity index (χ1) is 9.53. The largest absolute Gasteiger partial charge is 0.381 e. The van der Waals surface area contributed by atoms with Gasteiger partial charge in [-0.05, 0) is 46.1 Å². The van der Waals surface area contributed by atoms with Gasteiger partial charge in [0, 0.05) is 31.8 Å². The van der Waals surface area contributed by atoms with Gasteiger partial charge in [-0.15, -0.1) is 24.8 Å². The summed E-state index contributed by atoms with van der Waals surface area (Å²) < 4.78 is 5.28. The second-order valence-electron chi connectivity index (χ2n) is 6.41. The lowest BCUT2D eigenvalue weighted by Gasteiger charge is -2.39. The lowest BCUT2D eigenvalue weighted by Crippen LogP contribution is -2.58. The van der Waals surface area contributed by atoms with Crippen LogP contribution < -0.4 is 11.1 Å². The van der Waals surface area contributed by atoms with Gasteiger partial charge in [0.2, 0.25) is 5.91 Å². The van der Waals surface area contributed by atoms with Crippen LogP contribution in [-0.2, 0) is 9.53 Å². The van der Waals surface area contributed by atoms with E-state index < -0.39 is 5.54 Å². The van der Waals surface area contributed by atoms with Crippen LogP contribution in [-0.4, -0.2) is 54.7 Å². The topological polar surface area (TPSA) is 67.6 Å². The number of amides is 1. The smallest absolute Gasteiger partial charge is 0.240 e. The molecule has 0 aromatic rings. The Bertz CT molecular complexity index is 339. The number of rotatable bonds is 4. The van der Waals surface area contributed by atoms with E-state index in [4.69, 9.17) is 10.5 Å². The highest BCUT2D eigenvalue weighted by Crippen LogP contribution is 2.20. The number of likely N-dealkylation sites (tertiary alicyclic amines) is 1. The number of hydrogen-bond acceptors (Lipinski definition) is 4. The van der Waals surface area contributed by atoms with Gasteiger partial charge >= 0.3 is 0 Å². The van der Waals surface area contributed by atoms with Crippen molar-refractivity contribution in [2.75, 3.05) is 26.3 Å². The van der Waals surface area contributed by atoms with Gasteiger partial charge in [0.05, 0.1) is 5.54 Å². The summed E-state index contributed by atoms with van der Waals surface area (Å²) >= 11 is 0. The third kappa shape index (κ3) is 5.53. The van der Waals surface area contributed by atoms with Crippen molar-refractivity contribution in [3.05, 3.63) is 0 Å². The highest BCUT2D eigenvalue weighted by atomic mass is 35.5. The minimum Gasteiger partial charge on any atom is -0.381 e. The van der Waals surface area contributed by atoms with Gasteiger partial charge in [0.1, 0.15) is 0 Å². The lowest BCUT2D eigenvalue weighted by molar-refractivity contribution is -0.130. The summed E-state index contributed by atoms with van der Waals surface area (Å²) in [5.74, 6) is -0.0164. The molecule has 2 atom stereocenters. The Balaban J connectivity index is 0.00000220. The van der Waals surface area contributed by atoms with E-state index in [0.29, 0.717) is 44.7 Å². The molecule has 2 aliphatic heterocycles. The fourth-order valence-electron chi connectivity index (χ4n) is 3.27. The van der Waals surface area contributed by atoms with Crippen molar-refractivity contribution >= 4 is 30.7 Å². The number of halogens is 2. The molecule has 0 bridgehead atoms. The molecule has 0 aliphatic carbocycles. The van der Waals surface area contributed by atoms with Gasteiger partial charge in [-0.3, -0.25) is 9.69 Å². The molecule has 22 heavy (non-hydrogen) atoms. The Morgan fingerprint density at radius 3 is 2.59 bits per heavy atom. The van der Waals surface area contributed by atoms with E-state index in [1.54, 1.807) is 0 Å². The highest BCUT2D eigenvalue weighted by molar-refractivity contribution is 5.86. The monoisotopic (exact) mass is 355 g/mol. The van der Waals surface area contributed by atoms with E-state index in [0.717, 1.165) is 6.54 Å². The molecule has 0 radical (unpaired) electrons. The van der Waals surface area contributed by atoms with Crippen LogP contribution in [0.15, 0.2) is 0 Å². The Labute approximate surface area is 146 Å². The first kappa shape index (κ1) is 21.9. The average Bonchev–Trinajstić information content (AvgIpc) is 2.45. The minimum atomic E-state index is -0.731. The van der Waals surface area contributed by atoms with Crippen LogP contribution in [0.3, 0.4) is 0 Å². The van der Waals surface area contributed by atoms with Crippen molar-refractivity contribution in [1.82, 2.24) is 10.2 Å². The number of nitrogens with one attached hydrogen (secondary N) is 1. The van der Waals surface area contributed by atoms with E-state index >= 15 is 0 Å². The van der Waals surface area contributed by atoms with Crippen LogP contribution in [0.2, 0.25) is 0 Å². The predicted molar refractivity (Wildman–Crippen MR) is 94.0 cm³/mol. The van der Waals surface area contributed by atoms with Crippen molar-refractivity contribution in [3.8, 4) is 0 Å². The van der Waals surface area contributed by atoms with Crippen molar-refractivity contribution in [2.45, 2.75) is 63.6 Å². The van der Waals surface area contributed by atoms with Crippen LogP contribution in [0.1, 0.15) is 46.0 Å². The molecule has 0 aromatic carbocycles. The molecular weight excluding hydrogens is 325 g/mol. The molecule has 7 heteroatoms. The van der Waals surface area contributed by atoms with Crippen LogP contribution in [0, 0.1) is 0 Å². The molecule has 1 amide bonds. The maximum absolute atomic E-state index is 12.3. The van der Waals surface area contributed by atoms with E-state index in [9.17, 15) is 4.79 Å². The lowest BCUT2D eigenvalue weighted by atomic mass is 9.90. The van der Waals surface area contributed by atoms with Crippen molar-refractivity contribution in [2.24, 2.45) is 5.73 Å². The van der Waals surface area contributed by atoms with Gasteiger partial charge in [0.15, 0.2) is 0 Å². The van der Waals surface area contributed by atoms with Gasteiger partial charge in [-0.2, -0.15) is 0 Å².